The van der Waals surface area contributed by atoms with Crippen molar-refractivity contribution in [1.82, 2.24) is 14.0 Å². The fraction of sp³-hybridized carbons (Fsp3) is 0.357. The molecule has 2 aromatic carbocycles. The Kier molecular flexibility index (Phi) is 11.1. The summed E-state index contributed by atoms with van der Waals surface area (Å²) >= 11 is 0. The summed E-state index contributed by atoms with van der Waals surface area (Å²) in [6, 6.07) is 14.7. The molecule has 0 bridgehead atoms. The maximum atomic E-state index is 12.2. The summed E-state index contributed by atoms with van der Waals surface area (Å²) in [6.45, 7) is 4.11. The molecule has 15 nitrogen and oxygen atoms in total. The van der Waals surface area contributed by atoms with E-state index < -0.39 is 23.0 Å². The van der Waals surface area contributed by atoms with Crippen LogP contribution in [0.5, 0.6) is 5.75 Å². The van der Waals surface area contributed by atoms with Crippen LogP contribution >= 0.6 is 0 Å². The van der Waals surface area contributed by atoms with E-state index in [1.54, 1.807) is 31.3 Å². The van der Waals surface area contributed by atoms with Gasteiger partial charge in [-0.1, -0.05) is 30.3 Å². The Hall–Kier alpha value is -5.02. The number of nitrogens with zero attached hydrogens (tertiary/aromatic N) is 5. The lowest BCUT2D eigenvalue weighted by atomic mass is 10.00. The lowest BCUT2D eigenvalue weighted by Crippen LogP contribution is -2.49. The lowest BCUT2D eigenvalue weighted by Gasteiger charge is -2.36. The topological polar surface area (TPSA) is 198 Å². The SMILES string of the molecule is Cn1c(N2CCN(CCCOc3ccc([N+](=O)[O-])cc3C(O)c3ccccc3)CC2)cc(=O)n(C)c1=O.O=C(O)C(=O)O. The second-order valence-electron chi connectivity index (χ2n) is 9.67. The maximum Gasteiger partial charge on any atom is 0.414 e. The van der Waals surface area contributed by atoms with Crippen molar-refractivity contribution in [3.8, 4) is 5.75 Å². The van der Waals surface area contributed by atoms with Crippen molar-refractivity contribution in [1.29, 1.82) is 0 Å². The Labute approximate surface area is 245 Å². The molecule has 0 amide bonds. The van der Waals surface area contributed by atoms with Gasteiger partial charge in [0.05, 0.1) is 11.5 Å². The van der Waals surface area contributed by atoms with Crippen LogP contribution in [0.15, 0.2) is 64.2 Å². The van der Waals surface area contributed by atoms with Crippen molar-refractivity contribution in [3.05, 3.63) is 96.7 Å². The van der Waals surface area contributed by atoms with Crippen LogP contribution in [0.25, 0.3) is 0 Å². The normalized spacial score (nSPS) is 13.9. The van der Waals surface area contributed by atoms with Gasteiger partial charge in [0.1, 0.15) is 17.7 Å². The highest BCUT2D eigenvalue weighted by atomic mass is 16.6. The Balaban J connectivity index is 0.000000765. The number of carbonyl (C=O) groups is 2. The van der Waals surface area contributed by atoms with Crippen molar-refractivity contribution < 1.29 is 34.6 Å². The van der Waals surface area contributed by atoms with E-state index in [9.17, 15) is 24.8 Å². The van der Waals surface area contributed by atoms with Crippen molar-refractivity contribution >= 4 is 23.4 Å². The molecule has 1 aliphatic rings. The number of ether oxygens (including phenoxy) is 1. The molecule has 0 radical (unpaired) electrons. The number of nitro benzene ring substituents is 1. The molecule has 15 heteroatoms. The number of anilines is 1. The third kappa shape index (κ3) is 8.50. The summed E-state index contributed by atoms with van der Waals surface area (Å²) in [5.74, 6) is -2.61. The van der Waals surface area contributed by atoms with Gasteiger partial charge in [0, 0.05) is 70.6 Å². The minimum Gasteiger partial charge on any atom is -0.493 e. The minimum atomic E-state index is -1.82. The molecule has 1 unspecified atom stereocenters. The van der Waals surface area contributed by atoms with Crippen molar-refractivity contribution in [2.75, 3.05) is 44.2 Å². The molecular weight excluding hydrogens is 566 g/mol. The molecule has 4 rings (SSSR count). The molecule has 3 aromatic rings. The molecule has 1 aliphatic heterocycles. The molecule has 43 heavy (non-hydrogen) atoms. The maximum absolute atomic E-state index is 12.2. The molecule has 0 saturated carbocycles. The number of aliphatic carboxylic acids is 2. The standard InChI is InChI=1S/C26H31N5O6.C2H2O4/c1-27-23(18-24(32)28(2)26(27)34)30-14-12-29(13-15-30)11-6-16-37-22-10-9-20(31(35)36)17-21(22)25(33)19-7-4-3-5-8-19;3-1(4)2(5)6/h3-5,7-10,17-18,25,33H,6,11-16H2,1-2H3;(H,3,4)(H,5,6). The number of aromatic nitrogens is 2. The lowest BCUT2D eigenvalue weighted by molar-refractivity contribution is -0.385. The van der Waals surface area contributed by atoms with Gasteiger partial charge >= 0.3 is 17.6 Å². The fourth-order valence-electron chi connectivity index (χ4n) is 4.51. The minimum absolute atomic E-state index is 0.107. The number of aliphatic hydroxyl groups excluding tert-OH is 1. The molecular formula is C28H33N5O10. The van der Waals surface area contributed by atoms with E-state index in [1.165, 1.54) is 35.9 Å². The van der Waals surface area contributed by atoms with Crippen LogP contribution in [-0.4, -0.2) is 85.5 Å². The molecule has 0 aliphatic carbocycles. The third-order valence-electron chi connectivity index (χ3n) is 6.87. The van der Waals surface area contributed by atoms with E-state index >= 15 is 0 Å². The Morgan fingerprint density at radius 2 is 1.58 bits per heavy atom. The number of carboxylic acids is 2. The number of non-ortho nitro benzene ring substituents is 1. The van der Waals surface area contributed by atoms with Gasteiger partial charge in [-0.15, -0.1) is 0 Å². The molecule has 230 valence electrons. The molecule has 0 spiro atoms. The van der Waals surface area contributed by atoms with Gasteiger partial charge in [0.25, 0.3) is 11.2 Å². The van der Waals surface area contributed by atoms with E-state index in [4.69, 9.17) is 24.5 Å². The zero-order chi connectivity index (χ0) is 31.7. The van der Waals surface area contributed by atoms with Crippen LogP contribution in [0.1, 0.15) is 23.7 Å². The first-order valence-electron chi connectivity index (χ1n) is 13.3. The van der Waals surface area contributed by atoms with Gasteiger partial charge < -0.3 is 25.0 Å². The molecule has 3 N–H and O–H groups in total. The van der Waals surface area contributed by atoms with Gasteiger partial charge in [-0.2, -0.15) is 0 Å². The fourth-order valence-corrected chi connectivity index (χ4v) is 4.51. The van der Waals surface area contributed by atoms with E-state index in [0.29, 0.717) is 42.4 Å². The zero-order valence-corrected chi connectivity index (χ0v) is 23.7. The van der Waals surface area contributed by atoms with Crippen LogP contribution < -0.4 is 20.9 Å². The van der Waals surface area contributed by atoms with Gasteiger partial charge in [-0.05, 0) is 18.1 Å². The summed E-state index contributed by atoms with van der Waals surface area (Å²) in [5, 5.41) is 36.9. The number of benzene rings is 2. The summed E-state index contributed by atoms with van der Waals surface area (Å²) in [6.07, 6.45) is -0.322. The number of hydrogen-bond donors (Lipinski definition) is 3. The van der Waals surface area contributed by atoms with Gasteiger partial charge in [0.15, 0.2) is 0 Å². The summed E-state index contributed by atoms with van der Waals surface area (Å²) in [4.78, 5) is 57.6. The highest BCUT2D eigenvalue weighted by molar-refractivity contribution is 6.27. The second-order valence-corrected chi connectivity index (χ2v) is 9.67. The molecule has 2 heterocycles. The average molecular weight is 600 g/mol. The molecule has 1 atom stereocenters. The van der Waals surface area contributed by atoms with Gasteiger partial charge in [0.2, 0.25) is 0 Å². The smallest absolute Gasteiger partial charge is 0.414 e. The third-order valence-corrected chi connectivity index (χ3v) is 6.87. The second kappa shape index (κ2) is 14.7. The van der Waals surface area contributed by atoms with E-state index in [0.717, 1.165) is 30.6 Å². The number of nitro groups is 1. The predicted octanol–water partition coefficient (Wildman–Crippen LogP) is 0.821. The Morgan fingerprint density at radius 1 is 0.953 bits per heavy atom. The predicted molar refractivity (Wildman–Crippen MR) is 155 cm³/mol. The van der Waals surface area contributed by atoms with Crippen LogP contribution in [0.3, 0.4) is 0 Å². The van der Waals surface area contributed by atoms with Crippen LogP contribution in [0.4, 0.5) is 11.5 Å². The van der Waals surface area contributed by atoms with Gasteiger partial charge in [-0.3, -0.25) is 28.9 Å². The largest absolute Gasteiger partial charge is 0.493 e. The average Bonchev–Trinajstić information content (AvgIpc) is 3.00. The van der Waals surface area contributed by atoms with Gasteiger partial charge in [-0.25, -0.2) is 14.4 Å². The number of piperazine rings is 1. The zero-order valence-electron chi connectivity index (χ0n) is 23.7. The quantitative estimate of drug-likeness (QED) is 0.136. The van der Waals surface area contributed by atoms with E-state index in [1.807, 2.05) is 11.0 Å². The van der Waals surface area contributed by atoms with E-state index in [2.05, 4.69) is 4.90 Å². The van der Waals surface area contributed by atoms with Crippen molar-refractivity contribution in [2.45, 2.75) is 12.5 Å². The number of rotatable bonds is 9. The monoisotopic (exact) mass is 599 g/mol. The number of carboxylic acid groups (broad SMARTS) is 2. The number of aliphatic hydroxyl groups is 1. The molecule has 1 aromatic heterocycles. The van der Waals surface area contributed by atoms with Crippen LogP contribution in [0, 0.1) is 10.1 Å². The van der Waals surface area contributed by atoms with Crippen LogP contribution in [-0.2, 0) is 23.7 Å². The highest BCUT2D eigenvalue weighted by Crippen LogP contribution is 2.33. The highest BCUT2D eigenvalue weighted by Gasteiger charge is 2.22. The van der Waals surface area contributed by atoms with E-state index in [-0.39, 0.29) is 16.9 Å². The van der Waals surface area contributed by atoms with Crippen LogP contribution in [0.2, 0.25) is 0 Å². The summed E-state index contributed by atoms with van der Waals surface area (Å²) in [7, 11) is 3.14. The first-order valence-corrected chi connectivity index (χ1v) is 13.3. The molecule has 1 fully saturated rings. The summed E-state index contributed by atoms with van der Waals surface area (Å²) in [5.41, 5.74) is 0.211. The first kappa shape index (κ1) is 32.5. The Bertz CT molecular complexity index is 1550. The Morgan fingerprint density at radius 3 is 2.16 bits per heavy atom. The first-order chi connectivity index (χ1) is 20.4. The molecule has 1 saturated heterocycles. The van der Waals surface area contributed by atoms with Crippen molar-refractivity contribution in [3.63, 3.8) is 0 Å². The number of hydrogen-bond acceptors (Lipinski definition) is 10. The summed E-state index contributed by atoms with van der Waals surface area (Å²) < 4.78 is 8.54. The van der Waals surface area contributed by atoms with Crippen molar-refractivity contribution in [2.24, 2.45) is 14.1 Å².